The van der Waals surface area contributed by atoms with Crippen LogP contribution in [0.5, 0.6) is 0 Å². The first kappa shape index (κ1) is 18.2. The highest BCUT2D eigenvalue weighted by Gasteiger charge is 2.13. The molecule has 2 aromatic heterocycles. The minimum Gasteiger partial charge on any atom is -0.368 e. The maximum absolute atomic E-state index is 12.5. The zero-order valence-corrected chi connectivity index (χ0v) is 15.1. The van der Waals surface area contributed by atoms with Crippen molar-refractivity contribution >= 4 is 18.1 Å². The van der Waals surface area contributed by atoms with E-state index in [2.05, 4.69) is 20.4 Å². The van der Waals surface area contributed by atoms with Gasteiger partial charge in [-0.1, -0.05) is 18.2 Å². The molecule has 0 aliphatic carbocycles. The van der Waals surface area contributed by atoms with Gasteiger partial charge in [-0.2, -0.15) is 10.2 Å². The number of benzene rings is 1. The van der Waals surface area contributed by atoms with Gasteiger partial charge in [-0.15, -0.1) is 12.4 Å². The molecular weight excluding hydrogens is 352 g/mol. The molecule has 3 heterocycles. The van der Waals surface area contributed by atoms with Gasteiger partial charge >= 0.3 is 0 Å². The van der Waals surface area contributed by atoms with Crippen LogP contribution in [0, 0.1) is 0 Å². The molecule has 1 aliphatic heterocycles. The van der Waals surface area contributed by atoms with Crippen LogP contribution in [0.2, 0.25) is 0 Å². The van der Waals surface area contributed by atoms with Crippen LogP contribution in [0.15, 0.2) is 59.8 Å². The van der Waals surface area contributed by atoms with E-state index in [1.165, 1.54) is 4.68 Å². The molecule has 1 N–H and O–H groups in total. The molecule has 1 aromatic carbocycles. The van der Waals surface area contributed by atoms with Crippen molar-refractivity contribution < 1.29 is 0 Å². The van der Waals surface area contributed by atoms with Crippen LogP contribution in [0.25, 0.3) is 5.69 Å². The Kier molecular flexibility index (Phi) is 5.70. The van der Waals surface area contributed by atoms with E-state index in [-0.39, 0.29) is 18.0 Å². The highest BCUT2D eigenvalue weighted by atomic mass is 35.5. The Morgan fingerprint density at radius 2 is 1.88 bits per heavy atom. The number of piperazine rings is 1. The molecule has 4 rings (SSSR count). The summed E-state index contributed by atoms with van der Waals surface area (Å²) in [4.78, 5) is 14.7. The van der Waals surface area contributed by atoms with Gasteiger partial charge in [-0.05, 0) is 17.7 Å². The van der Waals surface area contributed by atoms with Gasteiger partial charge in [0.2, 0.25) is 0 Å². The average Bonchev–Trinajstić information content (AvgIpc) is 3.19. The maximum Gasteiger partial charge on any atom is 0.269 e. The van der Waals surface area contributed by atoms with E-state index in [9.17, 15) is 4.79 Å². The average molecular weight is 373 g/mol. The number of nitrogens with one attached hydrogen (secondary N) is 1. The molecule has 8 heteroatoms. The van der Waals surface area contributed by atoms with E-state index in [1.54, 1.807) is 23.1 Å². The number of anilines is 1. The first-order valence-corrected chi connectivity index (χ1v) is 8.42. The lowest BCUT2D eigenvalue weighted by Crippen LogP contribution is -2.44. The molecule has 136 valence electrons. The summed E-state index contributed by atoms with van der Waals surface area (Å²) in [5, 5.41) is 12.0. The Hall–Kier alpha value is -2.64. The topological polar surface area (TPSA) is 68.0 Å². The van der Waals surface area contributed by atoms with E-state index in [1.807, 2.05) is 36.5 Å². The summed E-state index contributed by atoms with van der Waals surface area (Å²) in [5.41, 5.74) is 2.75. The second-order valence-corrected chi connectivity index (χ2v) is 6.03. The van der Waals surface area contributed by atoms with Gasteiger partial charge in [-0.25, -0.2) is 9.36 Å². The molecule has 0 unspecified atom stereocenters. The second-order valence-electron chi connectivity index (χ2n) is 6.03. The Morgan fingerprint density at radius 1 is 1.08 bits per heavy atom. The fraction of sp³-hybridized carbons (Fsp3) is 0.278. The van der Waals surface area contributed by atoms with Crippen molar-refractivity contribution in [1.82, 2.24) is 24.9 Å². The lowest BCUT2D eigenvalue weighted by molar-refractivity contribution is 0.581. The largest absolute Gasteiger partial charge is 0.368 e. The molecule has 0 bridgehead atoms. The summed E-state index contributed by atoms with van der Waals surface area (Å²) in [7, 11) is 0. The molecule has 0 spiro atoms. The first-order valence-electron chi connectivity index (χ1n) is 8.42. The molecule has 0 radical (unpaired) electrons. The fourth-order valence-electron chi connectivity index (χ4n) is 3.08. The van der Waals surface area contributed by atoms with Crippen LogP contribution in [-0.2, 0) is 6.54 Å². The number of rotatable bonds is 4. The van der Waals surface area contributed by atoms with E-state index in [4.69, 9.17) is 0 Å². The third kappa shape index (κ3) is 3.79. The smallest absolute Gasteiger partial charge is 0.269 e. The van der Waals surface area contributed by atoms with Crippen molar-refractivity contribution in [3.8, 4) is 5.69 Å². The maximum atomic E-state index is 12.5. The molecule has 0 atom stereocenters. The van der Waals surface area contributed by atoms with Crippen LogP contribution in [0.1, 0.15) is 5.56 Å². The van der Waals surface area contributed by atoms with Crippen LogP contribution in [-0.4, -0.2) is 45.7 Å². The van der Waals surface area contributed by atoms with Crippen LogP contribution in [0.4, 0.5) is 5.69 Å². The number of para-hydroxylation sites is 1. The summed E-state index contributed by atoms with van der Waals surface area (Å²) in [6, 6.07) is 11.5. The fourth-order valence-corrected chi connectivity index (χ4v) is 3.08. The lowest BCUT2D eigenvalue weighted by atomic mass is 10.2. The number of halogens is 1. The number of hydrogen-bond acceptors (Lipinski definition) is 5. The van der Waals surface area contributed by atoms with Gasteiger partial charge in [0.1, 0.15) is 0 Å². The third-order valence-electron chi connectivity index (χ3n) is 4.40. The molecule has 1 fully saturated rings. The predicted octanol–water partition coefficient (Wildman–Crippen LogP) is 1.31. The summed E-state index contributed by atoms with van der Waals surface area (Å²) in [6.07, 6.45) is 5.41. The van der Waals surface area contributed by atoms with Gasteiger partial charge in [0, 0.05) is 44.6 Å². The molecular formula is C18H21ClN6O. The van der Waals surface area contributed by atoms with Crippen molar-refractivity contribution in [1.29, 1.82) is 0 Å². The quantitative estimate of drug-likeness (QED) is 0.748. The zero-order valence-electron chi connectivity index (χ0n) is 14.3. The number of nitrogens with zero attached hydrogens (tertiary/aromatic N) is 5. The second kappa shape index (κ2) is 8.16. The Bertz CT molecular complexity index is 902. The monoisotopic (exact) mass is 372 g/mol. The van der Waals surface area contributed by atoms with Crippen molar-refractivity contribution in [3.63, 3.8) is 0 Å². The predicted molar refractivity (Wildman–Crippen MR) is 103 cm³/mol. The molecule has 1 saturated heterocycles. The van der Waals surface area contributed by atoms with E-state index in [0.29, 0.717) is 6.54 Å². The van der Waals surface area contributed by atoms with Crippen LogP contribution >= 0.6 is 12.4 Å². The van der Waals surface area contributed by atoms with Gasteiger partial charge in [0.15, 0.2) is 0 Å². The molecule has 3 aromatic rings. The van der Waals surface area contributed by atoms with Crippen LogP contribution < -0.4 is 15.8 Å². The van der Waals surface area contributed by atoms with Gasteiger partial charge in [0.25, 0.3) is 5.56 Å². The molecule has 1 aliphatic rings. The molecule has 26 heavy (non-hydrogen) atoms. The Morgan fingerprint density at radius 3 is 2.62 bits per heavy atom. The van der Waals surface area contributed by atoms with Crippen molar-refractivity contribution in [3.05, 3.63) is 70.9 Å². The Labute approximate surface area is 157 Å². The van der Waals surface area contributed by atoms with Gasteiger partial charge < -0.3 is 10.2 Å². The SMILES string of the molecule is Cl.O=c1cc(N2CCNCC2)cnn1Cc1ccccc1-n1cccn1. The summed E-state index contributed by atoms with van der Waals surface area (Å²) in [5.74, 6) is 0. The van der Waals surface area contributed by atoms with E-state index in [0.717, 1.165) is 43.1 Å². The van der Waals surface area contributed by atoms with Crippen molar-refractivity contribution in [2.75, 3.05) is 31.1 Å². The normalized spacial score (nSPS) is 14.1. The number of aromatic nitrogens is 4. The minimum absolute atomic E-state index is 0. The Balaban J connectivity index is 0.00000196. The van der Waals surface area contributed by atoms with Crippen molar-refractivity contribution in [2.24, 2.45) is 0 Å². The highest BCUT2D eigenvalue weighted by molar-refractivity contribution is 5.85. The van der Waals surface area contributed by atoms with Crippen molar-refractivity contribution in [2.45, 2.75) is 6.54 Å². The summed E-state index contributed by atoms with van der Waals surface area (Å²) in [6.45, 7) is 4.07. The molecule has 0 saturated carbocycles. The van der Waals surface area contributed by atoms with Gasteiger partial charge in [0.05, 0.1) is 24.1 Å². The van der Waals surface area contributed by atoms with E-state index >= 15 is 0 Å². The summed E-state index contributed by atoms with van der Waals surface area (Å²) < 4.78 is 3.30. The zero-order chi connectivity index (χ0) is 17.1. The van der Waals surface area contributed by atoms with Crippen LogP contribution in [0.3, 0.4) is 0 Å². The molecule has 7 nitrogen and oxygen atoms in total. The first-order chi connectivity index (χ1) is 12.3. The lowest BCUT2D eigenvalue weighted by Gasteiger charge is -2.29. The third-order valence-corrected chi connectivity index (χ3v) is 4.40. The number of hydrogen-bond donors (Lipinski definition) is 1. The van der Waals surface area contributed by atoms with Gasteiger partial charge in [-0.3, -0.25) is 4.79 Å². The highest BCUT2D eigenvalue weighted by Crippen LogP contribution is 2.15. The summed E-state index contributed by atoms with van der Waals surface area (Å²) >= 11 is 0. The standard InChI is InChI=1S/C18H20N6O.ClH/c25-18-12-16(22-10-7-19-8-11-22)13-21-24(18)14-15-4-1-2-5-17(15)23-9-3-6-20-23;/h1-6,9,12-13,19H,7-8,10-11,14H2;1H. The van der Waals surface area contributed by atoms with E-state index < -0.39 is 0 Å². The molecule has 0 amide bonds. The minimum atomic E-state index is -0.0914.